The van der Waals surface area contributed by atoms with E-state index in [2.05, 4.69) is 98.5 Å². The zero-order chi connectivity index (χ0) is 20.7. The summed E-state index contributed by atoms with van der Waals surface area (Å²) < 4.78 is 12.2. The summed E-state index contributed by atoms with van der Waals surface area (Å²) >= 11 is 0. The molecule has 5 aromatic carbocycles. The van der Waals surface area contributed by atoms with Crippen LogP contribution in [0.1, 0.15) is 0 Å². The maximum atomic E-state index is 6.15. The molecule has 0 amide bonds. The van der Waals surface area contributed by atoms with Gasteiger partial charge in [-0.2, -0.15) is 0 Å². The zero-order valence-corrected chi connectivity index (χ0v) is 21.6. The van der Waals surface area contributed by atoms with E-state index >= 15 is 0 Å². The normalized spacial score (nSPS) is 13.2. The molecule has 150 valence electrons. The van der Waals surface area contributed by atoms with Crippen LogP contribution in [0.5, 0.6) is 0 Å². The predicted octanol–water partition coefficient (Wildman–Crippen LogP) is 4.88. The molecule has 0 aliphatic heterocycles. The van der Waals surface area contributed by atoms with Gasteiger partial charge in [0.15, 0.2) is 18.1 Å². The van der Waals surface area contributed by atoms with Gasteiger partial charge in [-0.15, -0.1) is 0 Å². The second-order valence-corrected chi connectivity index (χ2v) is 17.2. The molecule has 2 nitrogen and oxygen atoms in total. The first-order chi connectivity index (χ1) is 14.5. The molecule has 30 heavy (non-hydrogen) atoms. The van der Waals surface area contributed by atoms with E-state index in [1.807, 2.05) is 0 Å². The van der Waals surface area contributed by atoms with Crippen LogP contribution in [-0.2, 0) is 8.23 Å². The van der Waals surface area contributed by atoms with E-state index in [0.717, 1.165) is 0 Å². The maximum Gasteiger partial charge on any atom is 0.283 e. The van der Waals surface area contributed by atoms with Crippen LogP contribution < -0.4 is 5.19 Å². The van der Waals surface area contributed by atoms with Crippen LogP contribution in [0.15, 0.2) is 78.9 Å². The van der Waals surface area contributed by atoms with Crippen molar-refractivity contribution in [2.75, 3.05) is 0 Å². The quantitative estimate of drug-likeness (QED) is 0.167. The fraction of sp³-hybridized carbons (Fsp3) is 0.120. The van der Waals surface area contributed by atoms with E-state index < -0.39 is 28.1 Å². The molecule has 0 fully saturated rings. The van der Waals surface area contributed by atoms with Crippen molar-refractivity contribution in [2.24, 2.45) is 0 Å². The molecule has 0 saturated carbocycles. The van der Waals surface area contributed by atoms with Crippen molar-refractivity contribution in [1.29, 1.82) is 0 Å². The van der Waals surface area contributed by atoms with E-state index in [-0.39, 0.29) is 0 Å². The molecule has 0 radical (unpaired) electrons. The van der Waals surface area contributed by atoms with Gasteiger partial charge in [-0.1, -0.05) is 54.6 Å². The minimum atomic E-state index is -1.48. The summed E-state index contributed by atoms with van der Waals surface area (Å²) in [6, 6.07) is 29.1. The van der Waals surface area contributed by atoms with Gasteiger partial charge in [0, 0.05) is 0 Å². The van der Waals surface area contributed by atoms with E-state index in [4.69, 9.17) is 8.23 Å². The Morgan fingerprint density at radius 1 is 0.600 bits per heavy atom. The lowest BCUT2D eigenvalue weighted by molar-refractivity contribution is 0.477. The predicted molar refractivity (Wildman–Crippen MR) is 139 cm³/mol. The SMILES string of the molecule is C[Si](C)(C)O[SiH2]O[SiH2]c1cccc2cc3ccc4cc5ccccc5cc4c3cc12. The Bertz CT molecular complexity index is 1390. The van der Waals surface area contributed by atoms with Gasteiger partial charge in [-0.25, -0.2) is 0 Å². The van der Waals surface area contributed by atoms with E-state index in [9.17, 15) is 0 Å². The second kappa shape index (κ2) is 7.76. The number of rotatable bonds is 5. The number of benzene rings is 5. The molecule has 0 heterocycles. The van der Waals surface area contributed by atoms with Gasteiger partial charge in [0.2, 0.25) is 0 Å². The highest BCUT2D eigenvalue weighted by atomic mass is 28.4. The molecule has 0 bridgehead atoms. The first kappa shape index (κ1) is 19.7. The fourth-order valence-electron chi connectivity index (χ4n) is 4.08. The third-order valence-corrected chi connectivity index (χ3v) is 12.0. The molecule has 5 rings (SSSR count). The first-order valence-corrected chi connectivity index (χ1v) is 16.3. The van der Waals surface area contributed by atoms with Gasteiger partial charge in [0.05, 0.1) is 0 Å². The number of hydrogen-bond donors (Lipinski definition) is 0. The van der Waals surface area contributed by atoms with E-state index in [1.165, 1.54) is 48.3 Å². The van der Waals surface area contributed by atoms with Crippen LogP contribution in [0.2, 0.25) is 19.6 Å². The summed E-state index contributed by atoms with van der Waals surface area (Å²) in [6.07, 6.45) is 0. The average Bonchev–Trinajstić information content (AvgIpc) is 2.73. The summed E-state index contributed by atoms with van der Waals surface area (Å²) in [5.41, 5.74) is 0. The van der Waals surface area contributed by atoms with Crippen LogP contribution in [0.3, 0.4) is 0 Å². The monoisotopic (exact) mass is 442 g/mol. The van der Waals surface area contributed by atoms with Crippen molar-refractivity contribution in [3.05, 3.63) is 78.9 Å². The van der Waals surface area contributed by atoms with E-state index in [1.54, 1.807) is 0 Å². The molecule has 0 N–H and O–H groups in total. The Balaban J connectivity index is 1.62. The maximum absolute atomic E-state index is 6.15. The molecular formula is C25H26O2Si3. The lowest BCUT2D eigenvalue weighted by Crippen LogP contribution is -2.31. The summed E-state index contributed by atoms with van der Waals surface area (Å²) in [5.74, 6) is 0. The van der Waals surface area contributed by atoms with Gasteiger partial charge in [-0.05, 0) is 92.2 Å². The summed E-state index contributed by atoms with van der Waals surface area (Å²) in [6.45, 7) is 6.68. The molecule has 0 spiro atoms. The molecule has 0 saturated heterocycles. The zero-order valence-electron chi connectivity index (χ0n) is 17.7. The summed E-state index contributed by atoms with van der Waals surface area (Å²) in [7, 11) is -3.15. The van der Waals surface area contributed by atoms with Crippen LogP contribution >= 0.6 is 0 Å². The second-order valence-electron chi connectivity index (χ2n) is 8.92. The molecule has 0 unspecified atom stereocenters. The van der Waals surface area contributed by atoms with Crippen LogP contribution in [-0.4, -0.2) is 28.1 Å². The average molecular weight is 443 g/mol. The van der Waals surface area contributed by atoms with Crippen molar-refractivity contribution >= 4 is 76.4 Å². The van der Waals surface area contributed by atoms with Crippen LogP contribution in [0, 0.1) is 0 Å². The van der Waals surface area contributed by atoms with Crippen molar-refractivity contribution < 1.29 is 8.23 Å². The third kappa shape index (κ3) is 3.87. The van der Waals surface area contributed by atoms with E-state index in [0.29, 0.717) is 0 Å². The van der Waals surface area contributed by atoms with Crippen molar-refractivity contribution in [2.45, 2.75) is 19.6 Å². The highest BCUT2D eigenvalue weighted by Gasteiger charge is 2.14. The Labute approximate surface area is 183 Å². The minimum absolute atomic E-state index is 0.795. The van der Waals surface area contributed by atoms with Gasteiger partial charge in [0.1, 0.15) is 0 Å². The lowest BCUT2D eigenvalue weighted by atomic mass is 9.96. The Hall–Kier alpha value is -2.29. The Morgan fingerprint density at radius 2 is 1.20 bits per heavy atom. The molecule has 0 aliphatic carbocycles. The fourth-order valence-corrected chi connectivity index (χ4v) is 8.49. The smallest absolute Gasteiger partial charge is 0.283 e. The number of hydrogen-bond acceptors (Lipinski definition) is 2. The highest BCUT2D eigenvalue weighted by Crippen LogP contribution is 2.31. The summed E-state index contributed by atoms with van der Waals surface area (Å²) in [4.78, 5) is 0. The van der Waals surface area contributed by atoms with Gasteiger partial charge < -0.3 is 8.23 Å². The number of fused-ring (bicyclic) bond motifs is 5. The first-order valence-electron chi connectivity index (χ1n) is 10.5. The molecule has 0 atom stereocenters. The topological polar surface area (TPSA) is 18.5 Å². The molecule has 0 aliphatic rings. The van der Waals surface area contributed by atoms with Gasteiger partial charge in [-0.3, -0.25) is 0 Å². The largest absolute Gasteiger partial charge is 0.442 e. The minimum Gasteiger partial charge on any atom is -0.442 e. The lowest BCUT2D eigenvalue weighted by Gasteiger charge is -2.17. The molecule has 5 heteroatoms. The van der Waals surface area contributed by atoms with Crippen LogP contribution in [0.25, 0.3) is 43.1 Å². The molecule has 0 aromatic heterocycles. The standard InChI is InChI=1S/C25H26O2Si3/c1-30(2,3)27-29-26-28-25-10-6-9-19-14-21-12-11-20-13-17-7-4-5-8-18(17)15-22(20)23(21)16-24(19)25/h4-16H,28-29H2,1-3H3. The Morgan fingerprint density at radius 3 is 1.93 bits per heavy atom. The van der Waals surface area contributed by atoms with Gasteiger partial charge >= 0.3 is 0 Å². The van der Waals surface area contributed by atoms with Crippen LogP contribution in [0.4, 0.5) is 0 Å². The van der Waals surface area contributed by atoms with Crippen molar-refractivity contribution in [3.63, 3.8) is 0 Å². The molecule has 5 aromatic rings. The van der Waals surface area contributed by atoms with Gasteiger partial charge in [0.25, 0.3) is 10.0 Å². The summed E-state index contributed by atoms with van der Waals surface area (Å²) in [5, 5.41) is 11.8. The third-order valence-electron chi connectivity index (χ3n) is 5.62. The molecular weight excluding hydrogens is 417 g/mol. The van der Waals surface area contributed by atoms with Crippen molar-refractivity contribution in [1.82, 2.24) is 0 Å². The highest BCUT2D eigenvalue weighted by molar-refractivity contribution is 6.74. The van der Waals surface area contributed by atoms with Crippen molar-refractivity contribution in [3.8, 4) is 0 Å². The Kier molecular flexibility index (Phi) is 5.08.